The molecule has 2 heteroatoms. The summed E-state index contributed by atoms with van der Waals surface area (Å²) < 4.78 is 0. The molecular weight excluding hydrogens is 216 g/mol. The van der Waals surface area contributed by atoms with Gasteiger partial charge in [-0.3, -0.25) is 0 Å². The van der Waals surface area contributed by atoms with Gasteiger partial charge in [-0.1, -0.05) is 31.4 Å². The Morgan fingerprint density at radius 2 is 1.75 bits per heavy atom. The molecule has 1 saturated carbocycles. The Hall–Kier alpha value is -0.470. The van der Waals surface area contributed by atoms with Gasteiger partial charge in [0.05, 0.1) is 6.10 Å². The third-order valence-corrected chi connectivity index (χ3v) is 4.57. The first kappa shape index (κ1) is 12.0. The van der Waals surface area contributed by atoms with Crippen molar-refractivity contribution < 1.29 is 5.11 Å². The van der Waals surface area contributed by atoms with Crippen LogP contribution >= 0.6 is 11.8 Å². The first-order chi connectivity index (χ1) is 7.75. The highest BCUT2D eigenvalue weighted by atomic mass is 32.2. The van der Waals surface area contributed by atoms with E-state index in [9.17, 15) is 5.11 Å². The van der Waals surface area contributed by atoms with Crippen LogP contribution in [0, 0.1) is 0 Å². The van der Waals surface area contributed by atoms with E-state index in [0.29, 0.717) is 0 Å². The fourth-order valence-electron chi connectivity index (χ4n) is 2.20. The van der Waals surface area contributed by atoms with Gasteiger partial charge in [-0.25, -0.2) is 0 Å². The maximum atomic E-state index is 9.43. The van der Waals surface area contributed by atoms with Crippen LogP contribution in [-0.4, -0.2) is 10.4 Å². The highest BCUT2D eigenvalue weighted by Gasteiger charge is 2.14. The predicted octanol–water partition coefficient (Wildman–Crippen LogP) is 4.16. The van der Waals surface area contributed by atoms with Gasteiger partial charge in [-0.2, -0.15) is 0 Å². The maximum Gasteiger partial charge on any atom is 0.0761 e. The fraction of sp³-hybridized carbons (Fsp3) is 0.571. The van der Waals surface area contributed by atoms with Gasteiger partial charge in [0.25, 0.3) is 0 Å². The summed E-state index contributed by atoms with van der Waals surface area (Å²) in [5.41, 5.74) is 1.01. The second-order valence-corrected chi connectivity index (χ2v) is 6.00. The molecule has 0 spiro atoms. The van der Waals surface area contributed by atoms with Crippen molar-refractivity contribution in [3.05, 3.63) is 29.8 Å². The summed E-state index contributed by atoms with van der Waals surface area (Å²) in [4.78, 5) is 1.34. The van der Waals surface area contributed by atoms with E-state index in [1.807, 2.05) is 30.8 Å². The molecule has 1 aromatic rings. The minimum absolute atomic E-state index is 0.353. The lowest BCUT2D eigenvalue weighted by atomic mass is 10.0. The SMILES string of the molecule is CC(O)c1ccc(SC2CCCCC2)cc1. The molecule has 1 N–H and O–H groups in total. The first-order valence-corrected chi connectivity index (χ1v) is 7.08. The number of rotatable bonds is 3. The summed E-state index contributed by atoms with van der Waals surface area (Å²) in [5, 5.41) is 10.2. The molecule has 0 aromatic heterocycles. The second-order valence-electron chi connectivity index (χ2n) is 4.62. The number of hydrogen-bond donors (Lipinski definition) is 1. The van der Waals surface area contributed by atoms with E-state index in [4.69, 9.17) is 0 Å². The van der Waals surface area contributed by atoms with Crippen LogP contribution in [-0.2, 0) is 0 Å². The van der Waals surface area contributed by atoms with E-state index in [1.54, 1.807) is 0 Å². The lowest BCUT2D eigenvalue weighted by Crippen LogP contribution is -2.07. The van der Waals surface area contributed by atoms with E-state index in [0.717, 1.165) is 10.8 Å². The molecule has 1 nitrogen and oxygen atoms in total. The number of benzene rings is 1. The molecule has 0 heterocycles. The Labute approximate surface area is 102 Å². The Bertz CT molecular complexity index is 312. The Morgan fingerprint density at radius 1 is 1.12 bits per heavy atom. The van der Waals surface area contributed by atoms with Crippen LogP contribution in [0.5, 0.6) is 0 Å². The number of hydrogen-bond acceptors (Lipinski definition) is 2. The van der Waals surface area contributed by atoms with Crippen molar-refractivity contribution in [2.75, 3.05) is 0 Å². The summed E-state index contributed by atoms with van der Waals surface area (Å²) in [6.07, 6.45) is 6.57. The summed E-state index contributed by atoms with van der Waals surface area (Å²) in [5.74, 6) is 0. The summed E-state index contributed by atoms with van der Waals surface area (Å²) in [6.45, 7) is 1.81. The molecule has 1 aromatic carbocycles. The van der Waals surface area contributed by atoms with Crippen LogP contribution in [0.2, 0.25) is 0 Å². The second kappa shape index (κ2) is 5.74. The molecule has 0 amide bonds. The van der Waals surface area contributed by atoms with Crippen molar-refractivity contribution >= 4 is 11.8 Å². The Balaban J connectivity index is 1.93. The maximum absolute atomic E-state index is 9.43. The molecule has 1 unspecified atom stereocenters. The molecule has 0 radical (unpaired) electrons. The van der Waals surface area contributed by atoms with E-state index in [2.05, 4.69) is 12.1 Å². The zero-order valence-corrected chi connectivity index (χ0v) is 10.7. The van der Waals surface area contributed by atoms with Crippen molar-refractivity contribution in [3.63, 3.8) is 0 Å². The van der Waals surface area contributed by atoms with Crippen LogP contribution in [0.4, 0.5) is 0 Å². The number of aliphatic hydroxyl groups excluding tert-OH is 1. The molecule has 1 aliphatic carbocycles. The average molecular weight is 236 g/mol. The Kier molecular flexibility index (Phi) is 4.30. The topological polar surface area (TPSA) is 20.2 Å². The van der Waals surface area contributed by atoms with Gasteiger partial charge in [0.1, 0.15) is 0 Å². The van der Waals surface area contributed by atoms with Gasteiger partial charge < -0.3 is 5.11 Å². The quantitative estimate of drug-likeness (QED) is 0.850. The number of thioether (sulfide) groups is 1. The molecule has 0 aliphatic heterocycles. The Morgan fingerprint density at radius 3 is 2.31 bits per heavy atom. The van der Waals surface area contributed by atoms with E-state index in [-0.39, 0.29) is 6.10 Å². The zero-order valence-electron chi connectivity index (χ0n) is 9.86. The van der Waals surface area contributed by atoms with Gasteiger partial charge in [-0.15, -0.1) is 11.8 Å². The minimum atomic E-state index is -0.353. The molecule has 0 bridgehead atoms. The third kappa shape index (κ3) is 3.26. The van der Waals surface area contributed by atoms with Crippen LogP contribution in [0.15, 0.2) is 29.2 Å². The summed E-state index contributed by atoms with van der Waals surface area (Å²) >= 11 is 2.00. The fourth-order valence-corrected chi connectivity index (χ4v) is 3.45. The van der Waals surface area contributed by atoms with Crippen molar-refractivity contribution in [1.82, 2.24) is 0 Å². The summed E-state index contributed by atoms with van der Waals surface area (Å²) in [7, 11) is 0. The summed E-state index contributed by atoms with van der Waals surface area (Å²) in [6, 6.07) is 8.36. The van der Waals surface area contributed by atoms with E-state index < -0.39 is 0 Å². The minimum Gasteiger partial charge on any atom is -0.389 e. The van der Waals surface area contributed by atoms with Gasteiger partial charge in [0, 0.05) is 10.1 Å². The third-order valence-electron chi connectivity index (χ3n) is 3.22. The first-order valence-electron chi connectivity index (χ1n) is 6.20. The van der Waals surface area contributed by atoms with Crippen molar-refractivity contribution in [2.24, 2.45) is 0 Å². The predicted molar refractivity (Wildman–Crippen MR) is 69.8 cm³/mol. The van der Waals surface area contributed by atoms with Crippen LogP contribution < -0.4 is 0 Å². The van der Waals surface area contributed by atoms with Gasteiger partial charge >= 0.3 is 0 Å². The molecular formula is C14H20OS. The van der Waals surface area contributed by atoms with Gasteiger partial charge in [-0.05, 0) is 37.5 Å². The molecule has 1 fully saturated rings. The lowest BCUT2D eigenvalue weighted by Gasteiger charge is -2.21. The average Bonchev–Trinajstić information content (AvgIpc) is 2.31. The molecule has 0 saturated heterocycles. The van der Waals surface area contributed by atoms with Crippen LogP contribution in [0.1, 0.15) is 50.7 Å². The van der Waals surface area contributed by atoms with Crippen LogP contribution in [0.3, 0.4) is 0 Å². The smallest absolute Gasteiger partial charge is 0.0761 e. The molecule has 1 atom stereocenters. The molecule has 16 heavy (non-hydrogen) atoms. The number of aliphatic hydroxyl groups is 1. The lowest BCUT2D eigenvalue weighted by molar-refractivity contribution is 0.199. The standard InChI is InChI=1S/C14H20OS/c1-11(15)12-7-9-14(10-8-12)16-13-5-3-2-4-6-13/h7-11,13,15H,2-6H2,1H3. The molecule has 88 valence electrons. The highest BCUT2D eigenvalue weighted by molar-refractivity contribution is 8.00. The normalized spacial score (nSPS) is 19.6. The molecule has 2 rings (SSSR count). The van der Waals surface area contributed by atoms with Crippen molar-refractivity contribution in [3.8, 4) is 0 Å². The van der Waals surface area contributed by atoms with Crippen molar-refractivity contribution in [1.29, 1.82) is 0 Å². The van der Waals surface area contributed by atoms with Gasteiger partial charge in [0.15, 0.2) is 0 Å². The largest absolute Gasteiger partial charge is 0.389 e. The van der Waals surface area contributed by atoms with E-state index >= 15 is 0 Å². The van der Waals surface area contributed by atoms with E-state index in [1.165, 1.54) is 37.0 Å². The van der Waals surface area contributed by atoms with Crippen molar-refractivity contribution in [2.45, 2.75) is 55.3 Å². The van der Waals surface area contributed by atoms with Gasteiger partial charge in [0.2, 0.25) is 0 Å². The molecule has 1 aliphatic rings. The highest BCUT2D eigenvalue weighted by Crippen LogP contribution is 2.33. The van der Waals surface area contributed by atoms with Crippen LogP contribution in [0.25, 0.3) is 0 Å². The zero-order chi connectivity index (χ0) is 11.4. The monoisotopic (exact) mass is 236 g/mol.